The second-order valence-electron chi connectivity index (χ2n) is 4.93. The maximum Gasteiger partial charge on any atom is 0.215 e. The van der Waals surface area contributed by atoms with E-state index in [1.54, 1.807) is 13.0 Å². The molecule has 19 heavy (non-hydrogen) atoms. The third kappa shape index (κ3) is 6.66. The number of aliphatic hydroxyl groups is 1. The molecule has 0 amide bonds. The minimum Gasteiger partial charge on any atom is -0.393 e. The van der Waals surface area contributed by atoms with E-state index in [9.17, 15) is 17.9 Å². The van der Waals surface area contributed by atoms with E-state index < -0.39 is 21.9 Å². The van der Waals surface area contributed by atoms with Crippen molar-refractivity contribution < 1.29 is 17.9 Å². The molecule has 0 aliphatic heterocycles. The number of rotatable bonds is 7. The zero-order valence-corrected chi connectivity index (χ0v) is 12.0. The highest BCUT2D eigenvalue weighted by Crippen LogP contribution is 2.09. The lowest BCUT2D eigenvalue weighted by atomic mass is 10.1. The largest absolute Gasteiger partial charge is 0.393 e. The number of aliphatic hydroxyl groups excluding tert-OH is 1. The lowest BCUT2D eigenvalue weighted by Crippen LogP contribution is -2.30. The van der Waals surface area contributed by atoms with Crippen LogP contribution in [0.4, 0.5) is 4.39 Å². The molecular formula is C13H20FNO3S. The van der Waals surface area contributed by atoms with Gasteiger partial charge in [-0.1, -0.05) is 19.1 Å². The molecule has 0 saturated carbocycles. The van der Waals surface area contributed by atoms with E-state index in [-0.39, 0.29) is 18.2 Å². The lowest BCUT2D eigenvalue weighted by molar-refractivity contribution is 0.165. The monoisotopic (exact) mass is 289 g/mol. The average molecular weight is 289 g/mol. The molecule has 0 heterocycles. The summed E-state index contributed by atoms with van der Waals surface area (Å²) >= 11 is 0. The van der Waals surface area contributed by atoms with Gasteiger partial charge >= 0.3 is 0 Å². The maximum atomic E-state index is 13.0. The maximum absolute atomic E-state index is 13.0. The van der Waals surface area contributed by atoms with Gasteiger partial charge in [0.05, 0.1) is 11.9 Å². The molecule has 0 aliphatic carbocycles. The first-order valence-corrected chi connectivity index (χ1v) is 7.83. The molecular weight excluding hydrogens is 269 g/mol. The van der Waals surface area contributed by atoms with Gasteiger partial charge in [-0.3, -0.25) is 0 Å². The molecule has 0 saturated heterocycles. The van der Waals surface area contributed by atoms with E-state index in [2.05, 4.69) is 4.72 Å². The molecule has 1 aromatic rings. The Morgan fingerprint density at radius 1 is 1.37 bits per heavy atom. The van der Waals surface area contributed by atoms with Gasteiger partial charge in [0, 0.05) is 6.54 Å². The summed E-state index contributed by atoms with van der Waals surface area (Å²) < 4.78 is 39.0. The zero-order chi connectivity index (χ0) is 14.5. The van der Waals surface area contributed by atoms with Gasteiger partial charge in [-0.15, -0.1) is 0 Å². The Bertz CT molecular complexity index is 502. The first kappa shape index (κ1) is 16.1. The van der Waals surface area contributed by atoms with E-state index in [1.807, 2.05) is 6.92 Å². The fourth-order valence-electron chi connectivity index (χ4n) is 1.83. The average Bonchev–Trinajstić information content (AvgIpc) is 2.25. The first-order valence-electron chi connectivity index (χ1n) is 6.18. The summed E-state index contributed by atoms with van der Waals surface area (Å²) in [6.07, 6.45) is 0.0744. The van der Waals surface area contributed by atoms with Gasteiger partial charge in [-0.25, -0.2) is 17.5 Å². The van der Waals surface area contributed by atoms with E-state index in [0.29, 0.717) is 12.0 Å². The molecule has 108 valence electrons. The molecule has 1 rings (SSSR count). The predicted molar refractivity (Wildman–Crippen MR) is 72.5 cm³/mol. The van der Waals surface area contributed by atoms with E-state index in [1.165, 1.54) is 18.2 Å². The number of sulfonamides is 1. The second-order valence-corrected chi connectivity index (χ2v) is 6.73. The second kappa shape index (κ2) is 6.98. The SMILES string of the molecule is CC(O)CC(C)CNS(=O)(=O)Cc1cccc(F)c1. The smallest absolute Gasteiger partial charge is 0.215 e. The van der Waals surface area contributed by atoms with Crippen molar-refractivity contribution in [2.45, 2.75) is 32.1 Å². The Morgan fingerprint density at radius 3 is 2.63 bits per heavy atom. The predicted octanol–water partition coefficient (Wildman–Crippen LogP) is 1.65. The highest BCUT2D eigenvalue weighted by molar-refractivity contribution is 7.88. The van der Waals surface area contributed by atoms with Crippen LogP contribution >= 0.6 is 0 Å². The molecule has 0 radical (unpaired) electrons. The van der Waals surface area contributed by atoms with Crippen molar-refractivity contribution in [3.63, 3.8) is 0 Å². The van der Waals surface area contributed by atoms with Crippen LogP contribution in [-0.4, -0.2) is 26.2 Å². The summed E-state index contributed by atoms with van der Waals surface area (Å²) in [5, 5.41) is 9.20. The number of hydrogen-bond acceptors (Lipinski definition) is 3. The number of benzene rings is 1. The Morgan fingerprint density at radius 2 is 2.05 bits per heavy atom. The van der Waals surface area contributed by atoms with E-state index >= 15 is 0 Å². The molecule has 2 atom stereocenters. The van der Waals surface area contributed by atoms with Crippen molar-refractivity contribution in [1.29, 1.82) is 0 Å². The van der Waals surface area contributed by atoms with Crippen molar-refractivity contribution in [3.05, 3.63) is 35.6 Å². The fourth-order valence-corrected chi connectivity index (χ4v) is 3.09. The molecule has 0 spiro atoms. The normalized spacial score (nSPS) is 15.2. The summed E-state index contributed by atoms with van der Waals surface area (Å²) in [4.78, 5) is 0. The lowest BCUT2D eigenvalue weighted by Gasteiger charge is -2.14. The molecule has 1 aromatic carbocycles. The molecule has 0 fully saturated rings. The third-order valence-electron chi connectivity index (χ3n) is 2.64. The Hall–Kier alpha value is -0.980. The summed E-state index contributed by atoms with van der Waals surface area (Å²) in [6.45, 7) is 3.79. The van der Waals surface area contributed by atoms with Gasteiger partial charge < -0.3 is 5.11 Å². The highest BCUT2D eigenvalue weighted by atomic mass is 32.2. The van der Waals surface area contributed by atoms with Crippen LogP contribution in [0.3, 0.4) is 0 Å². The van der Waals surface area contributed by atoms with Crippen LogP contribution < -0.4 is 4.72 Å². The van der Waals surface area contributed by atoms with Crippen LogP contribution in [0.1, 0.15) is 25.8 Å². The molecule has 2 unspecified atom stereocenters. The van der Waals surface area contributed by atoms with E-state index in [0.717, 1.165) is 0 Å². The van der Waals surface area contributed by atoms with E-state index in [4.69, 9.17) is 0 Å². The zero-order valence-electron chi connectivity index (χ0n) is 11.1. The molecule has 4 nitrogen and oxygen atoms in total. The van der Waals surface area contributed by atoms with Crippen LogP contribution in [0.15, 0.2) is 24.3 Å². The van der Waals surface area contributed by atoms with Crippen LogP contribution in [0, 0.1) is 11.7 Å². The Balaban J connectivity index is 2.53. The number of halogens is 1. The molecule has 0 bridgehead atoms. The van der Waals surface area contributed by atoms with Crippen molar-refractivity contribution >= 4 is 10.0 Å². The van der Waals surface area contributed by atoms with Gasteiger partial charge in [0.25, 0.3) is 0 Å². The van der Waals surface area contributed by atoms with Crippen LogP contribution in [0.5, 0.6) is 0 Å². The summed E-state index contributed by atoms with van der Waals surface area (Å²) in [6, 6.07) is 5.53. The van der Waals surface area contributed by atoms with Gasteiger partial charge in [-0.2, -0.15) is 0 Å². The number of nitrogens with one attached hydrogen (secondary N) is 1. The summed E-state index contributed by atoms with van der Waals surface area (Å²) in [7, 11) is -3.48. The third-order valence-corrected chi connectivity index (χ3v) is 3.96. The summed E-state index contributed by atoms with van der Waals surface area (Å²) in [5.74, 6) is -0.649. The quantitative estimate of drug-likeness (QED) is 0.802. The first-order chi connectivity index (χ1) is 8.78. The van der Waals surface area contributed by atoms with Crippen molar-refractivity contribution in [2.75, 3.05) is 6.54 Å². The van der Waals surface area contributed by atoms with Gasteiger partial charge in [0.2, 0.25) is 10.0 Å². The molecule has 0 aromatic heterocycles. The van der Waals surface area contributed by atoms with Gasteiger partial charge in [0.1, 0.15) is 5.82 Å². The van der Waals surface area contributed by atoms with Gasteiger partial charge in [0.15, 0.2) is 0 Å². The van der Waals surface area contributed by atoms with Crippen molar-refractivity contribution in [3.8, 4) is 0 Å². The van der Waals surface area contributed by atoms with Gasteiger partial charge in [-0.05, 0) is 37.0 Å². The number of hydrogen-bond donors (Lipinski definition) is 2. The molecule has 0 aliphatic rings. The van der Waals surface area contributed by atoms with Crippen LogP contribution in [0.25, 0.3) is 0 Å². The van der Waals surface area contributed by atoms with Crippen molar-refractivity contribution in [1.82, 2.24) is 4.72 Å². The highest BCUT2D eigenvalue weighted by Gasteiger charge is 2.14. The minimum atomic E-state index is -3.48. The minimum absolute atomic E-state index is 0.0438. The Labute approximate surface area is 113 Å². The van der Waals surface area contributed by atoms with Crippen molar-refractivity contribution in [2.24, 2.45) is 5.92 Å². The van der Waals surface area contributed by atoms with Crippen LogP contribution in [-0.2, 0) is 15.8 Å². The Kier molecular flexibility index (Phi) is 5.90. The fraction of sp³-hybridized carbons (Fsp3) is 0.538. The topological polar surface area (TPSA) is 66.4 Å². The summed E-state index contributed by atoms with van der Waals surface area (Å²) in [5.41, 5.74) is 0.413. The molecule has 6 heteroatoms. The van der Waals surface area contributed by atoms with Crippen LogP contribution in [0.2, 0.25) is 0 Å². The standard InChI is InChI=1S/C13H20FNO3S/c1-10(6-11(2)16)8-15-19(17,18)9-12-4-3-5-13(14)7-12/h3-5,7,10-11,15-16H,6,8-9H2,1-2H3. The molecule has 2 N–H and O–H groups in total.